The third-order valence-corrected chi connectivity index (χ3v) is 2.69. The number of nitrogens with one attached hydrogen (secondary N) is 2. The monoisotopic (exact) mass is 239 g/mol. The molecule has 0 saturated carbocycles. The zero-order valence-electron chi connectivity index (χ0n) is 10.7. The molecule has 0 unspecified atom stereocenters. The number of carbonyl (C=O) groups is 2. The van der Waals surface area contributed by atoms with Crippen molar-refractivity contribution in [3.63, 3.8) is 0 Å². The van der Waals surface area contributed by atoms with Gasteiger partial charge in [-0.1, -0.05) is 6.08 Å². The van der Waals surface area contributed by atoms with Crippen molar-refractivity contribution >= 4 is 11.8 Å². The van der Waals surface area contributed by atoms with Crippen molar-refractivity contribution < 1.29 is 9.59 Å². The van der Waals surface area contributed by atoms with E-state index >= 15 is 0 Å². The first kappa shape index (κ1) is 13.7. The molecule has 5 nitrogen and oxygen atoms in total. The first-order valence-corrected chi connectivity index (χ1v) is 5.92. The molecule has 1 aliphatic rings. The molecule has 0 aromatic carbocycles. The highest BCUT2D eigenvalue weighted by atomic mass is 16.2. The first-order chi connectivity index (χ1) is 7.97. The van der Waals surface area contributed by atoms with Crippen LogP contribution in [0.3, 0.4) is 0 Å². The molecule has 1 rings (SSSR count). The SMILES string of the molecule is C/C=C/C(=O)NC(C)(C)C(=O)N1CCNCC1. The molecule has 1 heterocycles. The molecule has 17 heavy (non-hydrogen) atoms. The van der Waals surface area contributed by atoms with Crippen LogP contribution in [-0.4, -0.2) is 48.4 Å². The Morgan fingerprint density at radius 2 is 1.88 bits per heavy atom. The molecule has 2 amide bonds. The van der Waals surface area contributed by atoms with Gasteiger partial charge in [-0.3, -0.25) is 9.59 Å². The van der Waals surface area contributed by atoms with E-state index in [1.54, 1.807) is 31.7 Å². The van der Waals surface area contributed by atoms with Gasteiger partial charge in [0.15, 0.2) is 0 Å². The topological polar surface area (TPSA) is 61.4 Å². The Morgan fingerprint density at radius 1 is 1.29 bits per heavy atom. The molecule has 96 valence electrons. The number of hydrogen-bond donors (Lipinski definition) is 2. The summed E-state index contributed by atoms with van der Waals surface area (Å²) >= 11 is 0. The van der Waals surface area contributed by atoms with E-state index in [9.17, 15) is 9.59 Å². The molecule has 0 spiro atoms. The maximum atomic E-state index is 12.2. The van der Waals surface area contributed by atoms with Crippen LogP contribution in [0.4, 0.5) is 0 Å². The largest absolute Gasteiger partial charge is 0.339 e. The second kappa shape index (κ2) is 5.82. The number of allylic oxidation sites excluding steroid dienone is 1. The Kier molecular flexibility index (Phi) is 4.69. The molecule has 2 N–H and O–H groups in total. The first-order valence-electron chi connectivity index (χ1n) is 5.92. The van der Waals surface area contributed by atoms with E-state index < -0.39 is 5.54 Å². The number of hydrogen-bond acceptors (Lipinski definition) is 3. The van der Waals surface area contributed by atoms with Crippen molar-refractivity contribution in [3.05, 3.63) is 12.2 Å². The number of rotatable bonds is 3. The molecule has 0 radical (unpaired) electrons. The second-order valence-corrected chi connectivity index (χ2v) is 4.66. The van der Waals surface area contributed by atoms with Crippen molar-refractivity contribution in [2.45, 2.75) is 26.3 Å². The summed E-state index contributed by atoms with van der Waals surface area (Å²) in [5.41, 5.74) is -0.853. The van der Waals surface area contributed by atoms with E-state index in [0.29, 0.717) is 13.1 Å². The van der Waals surface area contributed by atoms with Crippen molar-refractivity contribution in [3.8, 4) is 0 Å². The third-order valence-electron chi connectivity index (χ3n) is 2.69. The summed E-state index contributed by atoms with van der Waals surface area (Å²) in [6.07, 6.45) is 3.08. The third kappa shape index (κ3) is 3.85. The lowest BCUT2D eigenvalue weighted by Gasteiger charge is -2.34. The predicted molar refractivity (Wildman–Crippen MR) is 66.5 cm³/mol. The van der Waals surface area contributed by atoms with Crippen molar-refractivity contribution in [1.82, 2.24) is 15.5 Å². The minimum Gasteiger partial charge on any atom is -0.339 e. The molecule has 0 atom stereocenters. The van der Waals surface area contributed by atoms with Gasteiger partial charge >= 0.3 is 0 Å². The van der Waals surface area contributed by atoms with Gasteiger partial charge in [0, 0.05) is 26.2 Å². The minimum absolute atomic E-state index is 0.0307. The van der Waals surface area contributed by atoms with Crippen molar-refractivity contribution in [2.75, 3.05) is 26.2 Å². The van der Waals surface area contributed by atoms with Crippen molar-refractivity contribution in [2.24, 2.45) is 0 Å². The van der Waals surface area contributed by atoms with E-state index in [1.165, 1.54) is 6.08 Å². The number of piperazine rings is 1. The number of carbonyl (C=O) groups excluding carboxylic acids is 2. The lowest BCUT2D eigenvalue weighted by molar-refractivity contribution is -0.140. The average molecular weight is 239 g/mol. The standard InChI is InChI=1S/C12H21N3O2/c1-4-5-10(16)14-12(2,3)11(17)15-8-6-13-7-9-15/h4-5,13H,6-9H2,1-3H3,(H,14,16)/b5-4+. The molecular formula is C12H21N3O2. The van der Waals surface area contributed by atoms with E-state index in [0.717, 1.165) is 13.1 Å². The molecule has 0 aromatic rings. The molecule has 5 heteroatoms. The van der Waals surface area contributed by atoms with Gasteiger partial charge in [0.05, 0.1) is 0 Å². The van der Waals surface area contributed by atoms with Crippen LogP contribution in [0.2, 0.25) is 0 Å². The van der Waals surface area contributed by atoms with Crippen LogP contribution in [0.5, 0.6) is 0 Å². The highest BCUT2D eigenvalue weighted by Gasteiger charge is 2.33. The van der Waals surface area contributed by atoms with Crippen LogP contribution in [-0.2, 0) is 9.59 Å². The Morgan fingerprint density at radius 3 is 2.41 bits per heavy atom. The number of amides is 2. The zero-order valence-corrected chi connectivity index (χ0v) is 10.7. The average Bonchev–Trinajstić information content (AvgIpc) is 2.28. The fourth-order valence-electron chi connectivity index (χ4n) is 1.82. The van der Waals surface area contributed by atoms with E-state index in [2.05, 4.69) is 10.6 Å². The predicted octanol–water partition coefficient (Wildman–Crippen LogP) is -0.111. The summed E-state index contributed by atoms with van der Waals surface area (Å²) in [7, 11) is 0. The molecule has 0 aromatic heterocycles. The highest BCUT2D eigenvalue weighted by Crippen LogP contribution is 2.09. The lowest BCUT2D eigenvalue weighted by Crippen LogP contribution is -2.59. The van der Waals surface area contributed by atoms with E-state index in [-0.39, 0.29) is 11.8 Å². The number of nitrogens with zero attached hydrogens (tertiary/aromatic N) is 1. The van der Waals surface area contributed by atoms with E-state index in [4.69, 9.17) is 0 Å². The Balaban J connectivity index is 2.61. The van der Waals surface area contributed by atoms with Gasteiger partial charge < -0.3 is 15.5 Å². The van der Waals surface area contributed by atoms with Crippen molar-refractivity contribution in [1.29, 1.82) is 0 Å². The summed E-state index contributed by atoms with van der Waals surface area (Å²) in [5.74, 6) is -0.266. The lowest BCUT2D eigenvalue weighted by atomic mass is 10.0. The van der Waals surface area contributed by atoms with Crippen LogP contribution in [0, 0.1) is 0 Å². The molecule has 1 aliphatic heterocycles. The van der Waals surface area contributed by atoms with Gasteiger partial charge in [0.25, 0.3) is 0 Å². The van der Waals surface area contributed by atoms with Crippen LogP contribution < -0.4 is 10.6 Å². The fourth-order valence-corrected chi connectivity index (χ4v) is 1.82. The maximum Gasteiger partial charge on any atom is 0.247 e. The summed E-state index contributed by atoms with van der Waals surface area (Å²) in [5, 5.41) is 5.91. The summed E-state index contributed by atoms with van der Waals surface area (Å²) in [6.45, 7) is 8.25. The van der Waals surface area contributed by atoms with Crippen LogP contribution in [0.1, 0.15) is 20.8 Å². The van der Waals surface area contributed by atoms with Gasteiger partial charge in [-0.05, 0) is 26.8 Å². The van der Waals surface area contributed by atoms with Gasteiger partial charge in [0.1, 0.15) is 5.54 Å². The second-order valence-electron chi connectivity index (χ2n) is 4.66. The maximum absolute atomic E-state index is 12.2. The van der Waals surface area contributed by atoms with Crippen LogP contribution in [0.15, 0.2) is 12.2 Å². The zero-order chi connectivity index (χ0) is 12.9. The van der Waals surface area contributed by atoms with Crippen LogP contribution in [0.25, 0.3) is 0 Å². The molecule has 1 saturated heterocycles. The van der Waals surface area contributed by atoms with Gasteiger partial charge in [0.2, 0.25) is 11.8 Å². The molecular weight excluding hydrogens is 218 g/mol. The molecule has 0 aliphatic carbocycles. The fraction of sp³-hybridized carbons (Fsp3) is 0.667. The van der Waals surface area contributed by atoms with Crippen LogP contribution >= 0.6 is 0 Å². The van der Waals surface area contributed by atoms with E-state index in [1.807, 2.05) is 0 Å². The minimum atomic E-state index is -0.853. The van der Waals surface area contributed by atoms with Gasteiger partial charge in [-0.2, -0.15) is 0 Å². The quantitative estimate of drug-likeness (QED) is 0.676. The molecule has 0 bridgehead atoms. The highest BCUT2D eigenvalue weighted by molar-refractivity contribution is 5.94. The van der Waals surface area contributed by atoms with Gasteiger partial charge in [-0.15, -0.1) is 0 Å². The summed E-state index contributed by atoms with van der Waals surface area (Å²) in [4.78, 5) is 25.5. The van der Waals surface area contributed by atoms with Gasteiger partial charge in [-0.25, -0.2) is 0 Å². The molecule has 1 fully saturated rings. The smallest absolute Gasteiger partial charge is 0.247 e. The Hall–Kier alpha value is -1.36. The normalized spacial score (nSPS) is 17.2. The Labute approximate surface area is 102 Å². The Bertz CT molecular complexity index is 318. The summed E-state index contributed by atoms with van der Waals surface area (Å²) in [6, 6.07) is 0. The summed E-state index contributed by atoms with van der Waals surface area (Å²) < 4.78 is 0.